The van der Waals surface area contributed by atoms with Crippen LogP contribution >= 0.6 is 11.9 Å². The third-order valence-electron chi connectivity index (χ3n) is 0.805. The molecule has 3 heteroatoms. The Morgan fingerprint density at radius 2 is 2.38 bits per heavy atom. The molecule has 2 N–H and O–H groups in total. The minimum Gasteiger partial charge on any atom is -0.482 e. The zero-order chi connectivity index (χ0) is 5.82. The summed E-state index contributed by atoms with van der Waals surface area (Å²) >= 11 is 1.19. The highest BCUT2D eigenvalue weighted by atomic mass is 32.2. The predicted molar refractivity (Wildman–Crippen MR) is 34.9 cm³/mol. The van der Waals surface area contributed by atoms with Crippen molar-refractivity contribution in [3.05, 3.63) is 24.5 Å². The van der Waals surface area contributed by atoms with Gasteiger partial charge in [0.15, 0.2) is 5.44 Å². The molecule has 1 aliphatic heterocycles. The molecule has 0 aromatic carbocycles. The third kappa shape index (κ3) is 1.28. The number of rotatable bonds is 1. The van der Waals surface area contributed by atoms with Gasteiger partial charge in [0, 0.05) is 0 Å². The van der Waals surface area contributed by atoms with Crippen molar-refractivity contribution < 1.29 is 4.74 Å². The summed E-state index contributed by atoms with van der Waals surface area (Å²) < 4.78 is 5.00. The molecule has 0 fully saturated rings. The summed E-state index contributed by atoms with van der Waals surface area (Å²) in [5, 5.41) is 5.21. The molecule has 1 heterocycles. The Labute approximate surface area is 52.5 Å². The maximum atomic E-state index is 5.21. The van der Waals surface area contributed by atoms with E-state index in [1.165, 1.54) is 11.9 Å². The fourth-order valence-electron chi connectivity index (χ4n) is 0.446. The second kappa shape index (κ2) is 2.79. The fourth-order valence-corrected chi connectivity index (χ4v) is 0.756. The minimum absolute atomic E-state index is 0.0139. The first-order valence-corrected chi connectivity index (χ1v) is 3.22. The Balaban J connectivity index is 2.40. The molecule has 0 bridgehead atoms. The quantitative estimate of drug-likeness (QED) is 0.537. The normalized spacial score (nSPS) is 25.4. The first kappa shape index (κ1) is 5.72. The van der Waals surface area contributed by atoms with E-state index in [0.29, 0.717) is 0 Å². The van der Waals surface area contributed by atoms with E-state index < -0.39 is 0 Å². The van der Waals surface area contributed by atoms with Crippen molar-refractivity contribution in [1.29, 1.82) is 0 Å². The summed E-state index contributed by atoms with van der Waals surface area (Å²) in [7, 11) is 0. The highest BCUT2D eigenvalue weighted by Crippen LogP contribution is 2.09. The Kier molecular flexibility index (Phi) is 2.00. The maximum Gasteiger partial charge on any atom is 0.175 e. The number of nitrogens with two attached hydrogens (primary N) is 1. The highest BCUT2D eigenvalue weighted by Gasteiger charge is 2.00. The Bertz CT molecular complexity index is 122. The SMILES string of the molecule is NSC1C=CC=CO1. The lowest BCUT2D eigenvalue weighted by atomic mass is 10.4. The zero-order valence-corrected chi connectivity index (χ0v) is 5.10. The molecule has 0 aromatic heterocycles. The van der Waals surface area contributed by atoms with Gasteiger partial charge >= 0.3 is 0 Å². The van der Waals surface area contributed by atoms with E-state index in [1.807, 2.05) is 18.2 Å². The van der Waals surface area contributed by atoms with Crippen LogP contribution in [-0.2, 0) is 4.74 Å². The number of hydrogen-bond donors (Lipinski definition) is 1. The van der Waals surface area contributed by atoms with Crippen molar-refractivity contribution in [3.8, 4) is 0 Å². The van der Waals surface area contributed by atoms with Crippen LogP contribution in [0.5, 0.6) is 0 Å². The average Bonchev–Trinajstić information content (AvgIpc) is 1.90. The lowest BCUT2D eigenvalue weighted by Gasteiger charge is -2.09. The van der Waals surface area contributed by atoms with Crippen LogP contribution in [0.25, 0.3) is 0 Å². The van der Waals surface area contributed by atoms with E-state index in [9.17, 15) is 0 Å². The molecule has 8 heavy (non-hydrogen) atoms. The molecule has 1 atom stereocenters. The Morgan fingerprint density at radius 1 is 1.50 bits per heavy atom. The van der Waals surface area contributed by atoms with Crippen molar-refractivity contribution in [2.75, 3.05) is 0 Å². The van der Waals surface area contributed by atoms with Crippen molar-refractivity contribution in [2.45, 2.75) is 5.44 Å². The number of allylic oxidation sites excluding steroid dienone is 2. The van der Waals surface area contributed by atoms with Gasteiger partial charge in [-0.25, -0.2) is 0 Å². The molecular weight excluding hydrogens is 122 g/mol. The predicted octanol–water partition coefficient (Wildman–Crippen LogP) is 1.02. The van der Waals surface area contributed by atoms with Gasteiger partial charge in [-0.3, -0.25) is 5.14 Å². The first-order valence-electron chi connectivity index (χ1n) is 2.28. The monoisotopic (exact) mass is 129 g/mol. The van der Waals surface area contributed by atoms with Crippen LogP contribution in [0.2, 0.25) is 0 Å². The maximum absolute atomic E-state index is 5.21. The second-order valence-electron chi connectivity index (χ2n) is 1.35. The lowest BCUT2D eigenvalue weighted by Crippen LogP contribution is -2.05. The minimum atomic E-state index is 0.0139. The van der Waals surface area contributed by atoms with E-state index in [0.717, 1.165) is 0 Å². The van der Waals surface area contributed by atoms with E-state index in [4.69, 9.17) is 9.88 Å². The van der Waals surface area contributed by atoms with Crippen LogP contribution in [-0.4, -0.2) is 5.44 Å². The summed E-state index contributed by atoms with van der Waals surface area (Å²) in [6.07, 6.45) is 7.26. The van der Waals surface area contributed by atoms with Crippen LogP contribution in [0.1, 0.15) is 0 Å². The molecule has 1 unspecified atom stereocenters. The Morgan fingerprint density at radius 3 is 2.75 bits per heavy atom. The Hall–Kier alpha value is -0.410. The van der Waals surface area contributed by atoms with E-state index in [1.54, 1.807) is 6.26 Å². The van der Waals surface area contributed by atoms with E-state index >= 15 is 0 Å². The molecule has 0 saturated heterocycles. The van der Waals surface area contributed by atoms with Gasteiger partial charge in [0.05, 0.1) is 6.26 Å². The molecule has 0 radical (unpaired) electrons. The summed E-state index contributed by atoms with van der Waals surface area (Å²) in [6.45, 7) is 0. The van der Waals surface area contributed by atoms with Crippen molar-refractivity contribution in [2.24, 2.45) is 5.14 Å². The highest BCUT2D eigenvalue weighted by molar-refractivity contribution is 7.97. The zero-order valence-electron chi connectivity index (χ0n) is 4.28. The first-order chi connectivity index (χ1) is 3.93. The van der Waals surface area contributed by atoms with E-state index in [2.05, 4.69) is 0 Å². The molecule has 1 rings (SSSR count). The van der Waals surface area contributed by atoms with Gasteiger partial charge in [-0.2, -0.15) is 0 Å². The van der Waals surface area contributed by atoms with Crippen LogP contribution in [0.4, 0.5) is 0 Å². The van der Waals surface area contributed by atoms with Gasteiger partial charge in [-0.1, -0.05) is 6.08 Å². The van der Waals surface area contributed by atoms with Crippen LogP contribution < -0.4 is 5.14 Å². The number of hydrogen-bond acceptors (Lipinski definition) is 3. The van der Waals surface area contributed by atoms with E-state index in [-0.39, 0.29) is 5.44 Å². The van der Waals surface area contributed by atoms with Gasteiger partial charge in [-0.05, 0) is 24.1 Å². The molecular formula is C5H7NOS. The number of ether oxygens (including phenoxy) is 1. The second-order valence-corrected chi connectivity index (χ2v) is 2.09. The van der Waals surface area contributed by atoms with Gasteiger partial charge < -0.3 is 4.74 Å². The molecule has 2 nitrogen and oxygen atoms in total. The van der Waals surface area contributed by atoms with Gasteiger partial charge in [-0.15, -0.1) is 0 Å². The van der Waals surface area contributed by atoms with Crippen LogP contribution in [0.3, 0.4) is 0 Å². The van der Waals surface area contributed by atoms with Crippen molar-refractivity contribution in [1.82, 2.24) is 0 Å². The summed E-state index contributed by atoms with van der Waals surface area (Å²) in [5.41, 5.74) is 0.0139. The molecule has 0 amide bonds. The molecule has 1 aliphatic rings. The van der Waals surface area contributed by atoms with Crippen molar-refractivity contribution in [3.63, 3.8) is 0 Å². The van der Waals surface area contributed by atoms with Gasteiger partial charge in [0.25, 0.3) is 0 Å². The molecule has 44 valence electrons. The third-order valence-corrected chi connectivity index (χ3v) is 1.34. The van der Waals surface area contributed by atoms with Gasteiger partial charge in [0.2, 0.25) is 0 Å². The smallest absolute Gasteiger partial charge is 0.175 e. The largest absolute Gasteiger partial charge is 0.482 e. The summed E-state index contributed by atoms with van der Waals surface area (Å²) in [5.74, 6) is 0. The lowest BCUT2D eigenvalue weighted by molar-refractivity contribution is 0.257. The summed E-state index contributed by atoms with van der Waals surface area (Å²) in [6, 6.07) is 0. The average molecular weight is 129 g/mol. The standard InChI is InChI=1S/C5H7NOS/c6-8-5-3-1-2-4-7-5/h1-5H,6H2. The fraction of sp³-hybridized carbons (Fsp3) is 0.200. The van der Waals surface area contributed by atoms with Gasteiger partial charge in [0.1, 0.15) is 0 Å². The molecule has 0 spiro atoms. The topological polar surface area (TPSA) is 35.2 Å². The molecule has 0 saturated carbocycles. The molecule has 0 aromatic rings. The van der Waals surface area contributed by atoms with Crippen LogP contribution in [0, 0.1) is 0 Å². The summed E-state index contributed by atoms with van der Waals surface area (Å²) in [4.78, 5) is 0. The van der Waals surface area contributed by atoms with Crippen LogP contribution in [0.15, 0.2) is 24.5 Å². The van der Waals surface area contributed by atoms with Crippen molar-refractivity contribution >= 4 is 11.9 Å². The molecule has 0 aliphatic carbocycles.